The van der Waals surface area contributed by atoms with Crippen LogP contribution in [0.25, 0.3) is 0 Å². The number of carbonyl (C=O) groups excluding carboxylic acids is 1. The first-order valence-corrected chi connectivity index (χ1v) is 9.01. The van der Waals surface area contributed by atoms with Crippen LogP contribution >= 0.6 is 0 Å². The lowest BCUT2D eigenvalue weighted by Crippen LogP contribution is -2.37. The van der Waals surface area contributed by atoms with Gasteiger partial charge in [0.2, 0.25) is 0 Å². The van der Waals surface area contributed by atoms with E-state index in [0.717, 1.165) is 37.3 Å². The molecule has 26 heavy (non-hydrogen) atoms. The van der Waals surface area contributed by atoms with Crippen LogP contribution in [0.2, 0.25) is 0 Å². The molecule has 1 aromatic heterocycles. The van der Waals surface area contributed by atoms with Crippen LogP contribution in [-0.2, 0) is 11.3 Å². The number of halogens is 1. The van der Waals surface area contributed by atoms with E-state index in [9.17, 15) is 9.18 Å². The highest BCUT2D eigenvalue weighted by Crippen LogP contribution is 2.21. The highest BCUT2D eigenvalue weighted by molar-refractivity contribution is 5.93. The third-order valence-corrected chi connectivity index (χ3v) is 4.51. The average molecular weight is 357 g/mol. The predicted molar refractivity (Wildman–Crippen MR) is 98.7 cm³/mol. The number of rotatable bonds is 6. The molecule has 0 atom stereocenters. The molecule has 6 heteroatoms. The largest absolute Gasteiger partial charge is 0.373 e. The van der Waals surface area contributed by atoms with Crippen LogP contribution in [0.1, 0.15) is 35.7 Å². The zero-order valence-electron chi connectivity index (χ0n) is 15.0. The first kappa shape index (κ1) is 18.3. The Morgan fingerprint density at radius 2 is 1.96 bits per heavy atom. The van der Waals surface area contributed by atoms with E-state index in [2.05, 4.69) is 15.2 Å². The monoisotopic (exact) mass is 357 g/mol. The molecule has 2 heterocycles. The van der Waals surface area contributed by atoms with E-state index in [0.29, 0.717) is 18.7 Å². The molecule has 1 aliphatic heterocycles. The summed E-state index contributed by atoms with van der Waals surface area (Å²) in [6.07, 6.45) is 3.66. The Balaban J connectivity index is 1.47. The fourth-order valence-electron chi connectivity index (χ4n) is 3.02. The molecular weight excluding hydrogens is 333 g/mol. The molecule has 138 valence electrons. The summed E-state index contributed by atoms with van der Waals surface area (Å²) in [6, 6.07) is 10.1. The number of ether oxygens (including phenoxy) is 1. The van der Waals surface area contributed by atoms with E-state index >= 15 is 0 Å². The van der Waals surface area contributed by atoms with Gasteiger partial charge in [-0.05, 0) is 49.6 Å². The Labute approximate surface area is 153 Å². The Kier molecular flexibility index (Phi) is 6.17. The number of anilines is 1. The van der Waals surface area contributed by atoms with Gasteiger partial charge in [0.25, 0.3) is 5.91 Å². The minimum Gasteiger partial charge on any atom is -0.373 e. The van der Waals surface area contributed by atoms with E-state index in [-0.39, 0.29) is 17.8 Å². The first-order chi connectivity index (χ1) is 12.7. The Hall–Kier alpha value is -2.47. The zero-order chi connectivity index (χ0) is 18.4. The van der Waals surface area contributed by atoms with Crippen LogP contribution in [0, 0.1) is 5.82 Å². The van der Waals surface area contributed by atoms with Gasteiger partial charge in [0.15, 0.2) is 0 Å². The molecule has 1 saturated heterocycles. The molecule has 0 saturated carbocycles. The summed E-state index contributed by atoms with van der Waals surface area (Å²) in [4.78, 5) is 18.4. The summed E-state index contributed by atoms with van der Waals surface area (Å²) in [7, 11) is 0. The molecule has 1 aromatic carbocycles. The van der Waals surface area contributed by atoms with Crippen molar-refractivity contribution >= 4 is 11.7 Å². The van der Waals surface area contributed by atoms with Gasteiger partial charge >= 0.3 is 0 Å². The maximum absolute atomic E-state index is 12.9. The maximum atomic E-state index is 12.9. The van der Waals surface area contributed by atoms with Crippen molar-refractivity contribution in [2.45, 2.75) is 32.5 Å². The van der Waals surface area contributed by atoms with E-state index < -0.39 is 0 Å². The summed E-state index contributed by atoms with van der Waals surface area (Å²) in [5.74, 6) is 0.558. The molecule has 1 N–H and O–H groups in total. The third kappa shape index (κ3) is 4.79. The first-order valence-electron chi connectivity index (χ1n) is 9.01. The van der Waals surface area contributed by atoms with Crippen LogP contribution in [0.15, 0.2) is 42.6 Å². The minimum atomic E-state index is -0.229. The molecule has 5 nitrogen and oxygen atoms in total. The van der Waals surface area contributed by atoms with Crippen LogP contribution in [-0.4, -0.2) is 36.6 Å². The van der Waals surface area contributed by atoms with E-state index in [1.807, 2.05) is 19.1 Å². The lowest BCUT2D eigenvalue weighted by Gasteiger charge is -2.32. The van der Waals surface area contributed by atoms with Crippen molar-refractivity contribution in [2.75, 3.05) is 24.5 Å². The van der Waals surface area contributed by atoms with Gasteiger partial charge in [0.05, 0.1) is 18.3 Å². The van der Waals surface area contributed by atoms with Gasteiger partial charge in [-0.25, -0.2) is 9.37 Å². The van der Waals surface area contributed by atoms with Crippen LogP contribution in [0.4, 0.5) is 10.2 Å². The molecular formula is C20H24FN3O2. The number of nitrogens with one attached hydrogen (secondary N) is 1. The molecule has 0 aliphatic carbocycles. The van der Waals surface area contributed by atoms with Crippen molar-refractivity contribution in [3.63, 3.8) is 0 Å². The van der Waals surface area contributed by atoms with Gasteiger partial charge in [0, 0.05) is 25.8 Å². The third-order valence-electron chi connectivity index (χ3n) is 4.51. The van der Waals surface area contributed by atoms with Crippen molar-refractivity contribution in [3.05, 3.63) is 59.5 Å². The summed E-state index contributed by atoms with van der Waals surface area (Å²) in [5, 5.41) is 2.77. The van der Waals surface area contributed by atoms with Crippen molar-refractivity contribution in [3.8, 4) is 0 Å². The van der Waals surface area contributed by atoms with E-state index in [1.54, 1.807) is 18.3 Å². The van der Waals surface area contributed by atoms with Crippen molar-refractivity contribution in [1.29, 1.82) is 0 Å². The summed E-state index contributed by atoms with van der Waals surface area (Å²) in [5.41, 5.74) is 1.56. The number of hydrogen-bond acceptors (Lipinski definition) is 4. The second-order valence-corrected chi connectivity index (χ2v) is 6.39. The smallest absolute Gasteiger partial charge is 0.252 e. The molecule has 1 aliphatic rings. The Morgan fingerprint density at radius 1 is 1.23 bits per heavy atom. The molecule has 3 rings (SSSR count). The predicted octanol–water partition coefficient (Wildman–Crippen LogP) is 3.16. The number of piperidine rings is 1. The van der Waals surface area contributed by atoms with Gasteiger partial charge in [0.1, 0.15) is 11.6 Å². The minimum absolute atomic E-state index is 0.0977. The van der Waals surface area contributed by atoms with E-state index in [4.69, 9.17) is 4.74 Å². The number of pyridine rings is 1. The standard InChI is InChI=1S/C20H24FN3O2/c1-2-22-20(25)16-5-8-19(23-13-16)24-11-9-18(10-12-24)26-14-15-3-6-17(21)7-4-15/h3-8,13,18H,2,9-12,14H2,1H3,(H,22,25). The highest BCUT2D eigenvalue weighted by atomic mass is 19.1. The molecule has 0 bridgehead atoms. The molecule has 1 amide bonds. The Morgan fingerprint density at radius 3 is 2.58 bits per heavy atom. The SMILES string of the molecule is CCNC(=O)c1ccc(N2CCC(OCc3ccc(F)cc3)CC2)nc1. The van der Waals surface area contributed by atoms with Gasteiger partial charge in [-0.15, -0.1) is 0 Å². The number of benzene rings is 1. The van der Waals surface area contributed by atoms with Gasteiger partial charge < -0.3 is 15.0 Å². The Bertz CT molecular complexity index is 711. The topological polar surface area (TPSA) is 54.5 Å². The lowest BCUT2D eigenvalue weighted by atomic mass is 10.1. The highest BCUT2D eigenvalue weighted by Gasteiger charge is 2.21. The van der Waals surface area contributed by atoms with E-state index in [1.165, 1.54) is 12.1 Å². The number of aromatic nitrogens is 1. The molecule has 0 unspecified atom stereocenters. The van der Waals surface area contributed by atoms with Crippen molar-refractivity contribution in [1.82, 2.24) is 10.3 Å². The molecule has 0 spiro atoms. The normalized spacial score (nSPS) is 15.1. The van der Waals surface area contributed by atoms with Gasteiger partial charge in [-0.1, -0.05) is 12.1 Å². The quantitative estimate of drug-likeness (QED) is 0.863. The fourth-order valence-corrected chi connectivity index (χ4v) is 3.02. The second kappa shape index (κ2) is 8.76. The number of hydrogen-bond donors (Lipinski definition) is 1. The number of amides is 1. The lowest BCUT2D eigenvalue weighted by molar-refractivity contribution is 0.0250. The maximum Gasteiger partial charge on any atom is 0.252 e. The average Bonchev–Trinajstić information content (AvgIpc) is 2.68. The summed E-state index contributed by atoms with van der Waals surface area (Å²) < 4.78 is 18.9. The van der Waals surface area contributed by atoms with Crippen LogP contribution < -0.4 is 10.2 Å². The van der Waals surface area contributed by atoms with Gasteiger partial charge in [-0.2, -0.15) is 0 Å². The zero-order valence-corrected chi connectivity index (χ0v) is 15.0. The summed E-state index contributed by atoms with van der Waals surface area (Å²) in [6.45, 7) is 4.72. The van der Waals surface area contributed by atoms with Crippen LogP contribution in [0.3, 0.4) is 0 Å². The number of nitrogens with zero attached hydrogens (tertiary/aromatic N) is 2. The fraction of sp³-hybridized carbons (Fsp3) is 0.400. The molecule has 1 fully saturated rings. The van der Waals surface area contributed by atoms with Crippen molar-refractivity contribution in [2.24, 2.45) is 0 Å². The molecule has 0 radical (unpaired) electrons. The van der Waals surface area contributed by atoms with Gasteiger partial charge in [-0.3, -0.25) is 4.79 Å². The van der Waals surface area contributed by atoms with Crippen LogP contribution in [0.5, 0.6) is 0 Å². The number of carbonyl (C=O) groups is 1. The molecule has 2 aromatic rings. The second-order valence-electron chi connectivity index (χ2n) is 6.39. The van der Waals surface area contributed by atoms with Crippen molar-refractivity contribution < 1.29 is 13.9 Å². The summed E-state index contributed by atoms with van der Waals surface area (Å²) >= 11 is 0.